The number of rotatable bonds is 17. The van der Waals surface area contributed by atoms with E-state index < -0.39 is 60.7 Å². The van der Waals surface area contributed by atoms with E-state index in [1.165, 1.54) is 19.6 Å². The van der Waals surface area contributed by atoms with Crippen molar-refractivity contribution >= 4 is 47.6 Å². The lowest BCUT2D eigenvalue weighted by atomic mass is 10.3. The lowest BCUT2D eigenvalue weighted by Crippen LogP contribution is -2.49. The molecule has 0 atom stereocenters. The van der Waals surface area contributed by atoms with Gasteiger partial charge in [0.05, 0.1) is 52.4 Å². The third-order valence-electron chi connectivity index (χ3n) is 5.55. The van der Waals surface area contributed by atoms with Crippen molar-refractivity contribution in [3.63, 3.8) is 0 Å². The smallest absolute Gasteiger partial charge is 0.327 e. The number of carbonyl (C=O) groups excluding carboxylic acids is 6. The Bertz CT molecular complexity index is 895. The van der Waals surface area contributed by atoms with Crippen LogP contribution in [0.2, 0.25) is 0 Å². The molecule has 0 aromatic heterocycles. The van der Waals surface area contributed by atoms with Crippen molar-refractivity contribution in [3.05, 3.63) is 0 Å². The highest BCUT2D eigenvalue weighted by atomic mass is 16.6. The molecular formula is C22H32N6O12. The van der Waals surface area contributed by atoms with Crippen LogP contribution in [0.1, 0.15) is 0 Å². The van der Waals surface area contributed by atoms with Gasteiger partial charge in [-0.25, -0.2) is 0 Å². The molecule has 2 aliphatic rings. The molecular weight excluding hydrogens is 540 g/mol. The van der Waals surface area contributed by atoms with Crippen molar-refractivity contribution in [2.75, 3.05) is 91.6 Å². The fraction of sp³-hybridized carbons (Fsp3) is 0.636. The second-order valence-electron chi connectivity index (χ2n) is 9.02. The van der Waals surface area contributed by atoms with Crippen LogP contribution in [0, 0.1) is 0 Å². The Hall–Kier alpha value is -4.00. The molecule has 0 bridgehead atoms. The van der Waals surface area contributed by atoms with Gasteiger partial charge in [0.2, 0.25) is 11.8 Å². The zero-order chi connectivity index (χ0) is 29.7. The molecule has 0 saturated carbocycles. The zero-order valence-corrected chi connectivity index (χ0v) is 21.7. The van der Waals surface area contributed by atoms with Gasteiger partial charge in [-0.2, -0.15) is 0 Å². The molecule has 0 radical (unpaired) electrons. The number of ether oxygens (including phenoxy) is 2. The van der Waals surface area contributed by atoms with Gasteiger partial charge in [-0.05, 0) is 0 Å². The molecule has 2 rings (SSSR count). The van der Waals surface area contributed by atoms with Crippen LogP contribution in [-0.4, -0.2) is 169 Å². The molecule has 40 heavy (non-hydrogen) atoms. The molecule has 0 aromatic rings. The Morgan fingerprint density at radius 1 is 0.625 bits per heavy atom. The van der Waals surface area contributed by atoms with Crippen LogP contribution in [0.4, 0.5) is 0 Å². The average molecular weight is 573 g/mol. The summed E-state index contributed by atoms with van der Waals surface area (Å²) in [5.74, 6) is -6.24. The van der Waals surface area contributed by atoms with E-state index in [1.54, 1.807) is 0 Å². The molecule has 18 heteroatoms. The Labute approximate surface area is 228 Å². The van der Waals surface area contributed by atoms with E-state index in [9.17, 15) is 38.4 Å². The maximum absolute atomic E-state index is 12.3. The van der Waals surface area contributed by atoms with E-state index in [1.807, 2.05) is 0 Å². The largest absolute Gasteiger partial charge is 0.480 e. The molecule has 2 aliphatic heterocycles. The first-order valence-corrected chi connectivity index (χ1v) is 12.2. The Morgan fingerprint density at radius 2 is 0.950 bits per heavy atom. The SMILES string of the molecule is O=C(O)CN(CCN1CC(=O)OC(=O)C1)CC(=O)NCCNC(=O)CN(CCN1CC(=O)OC(=O)C1)CC(=O)O. The first kappa shape index (κ1) is 32.2. The standard InChI is InChI=1S/C22H32N6O12/c29-15(7-25(9-17(31)32)3-5-27-11-19(35)39-20(36)12-27)23-1-2-24-16(30)8-26(10-18(33)34)4-6-28-13-21(37)40-22(38)14-28/h1-14H2,(H,23,29)(H,24,30)(H,31,32)(H,33,34). The van der Waals surface area contributed by atoms with Crippen molar-refractivity contribution in [2.24, 2.45) is 0 Å². The van der Waals surface area contributed by atoms with Gasteiger partial charge in [0, 0.05) is 39.3 Å². The number of carboxylic acids is 2. The number of carbonyl (C=O) groups is 8. The quantitative estimate of drug-likeness (QED) is 0.0724. The van der Waals surface area contributed by atoms with E-state index in [0.717, 1.165) is 0 Å². The minimum atomic E-state index is -1.17. The van der Waals surface area contributed by atoms with Gasteiger partial charge in [-0.15, -0.1) is 0 Å². The number of hydrogen-bond acceptors (Lipinski definition) is 14. The Kier molecular flexibility index (Phi) is 13.0. The van der Waals surface area contributed by atoms with Gasteiger partial charge in [-0.3, -0.25) is 58.0 Å². The van der Waals surface area contributed by atoms with Crippen molar-refractivity contribution in [3.8, 4) is 0 Å². The van der Waals surface area contributed by atoms with E-state index in [4.69, 9.17) is 10.2 Å². The van der Waals surface area contributed by atoms with Crippen molar-refractivity contribution in [1.29, 1.82) is 0 Å². The Morgan fingerprint density at radius 3 is 1.25 bits per heavy atom. The summed E-state index contributed by atoms with van der Waals surface area (Å²) in [4.78, 5) is 97.9. The minimum absolute atomic E-state index is 0.00881. The van der Waals surface area contributed by atoms with Gasteiger partial charge in [0.1, 0.15) is 0 Å². The average Bonchev–Trinajstić information content (AvgIpc) is 2.82. The lowest BCUT2D eigenvalue weighted by molar-refractivity contribution is -0.168. The molecule has 0 aromatic carbocycles. The van der Waals surface area contributed by atoms with Crippen LogP contribution in [0.15, 0.2) is 0 Å². The van der Waals surface area contributed by atoms with Gasteiger partial charge in [-0.1, -0.05) is 0 Å². The van der Waals surface area contributed by atoms with Gasteiger partial charge in [0.15, 0.2) is 0 Å². The number of cyclic esters (lactones) is 4. The number of hydrogen-bond donors (Lipinski definition) is 4. The topological polar surface area (TPSA) is 232 Å². The predicted octanol–water partition coefficient (Wildman–Crippen LogP) is -5.24. The summed E-state index contributed by atoms with van der Waals surface area (Å²) >= 11 is 0. The molecule has 0 aliphatic carbocycles. The highest BCUT2D eigenvalue weighted by Gasteiger charge is 2.27. The third kappa shape index (κ3) is 13.2. The molecule has 2 amide bonds. The van der Waals surface area contributed by atoms with Crippen molar-refractivity contribution < 1.29 is 58.0 Å². The van der Waals surface area contributed by atoms with E-state index in [2.05, 4.69) is 20.1 Å². The molecule has 222 valence electrons. The predicted molar refractivity (Wildman–Crippen MR) is 129 cm³/mol. The maximum atomic E-state index is 12.3. The fourth-order valence-electron chi connectivity index (χ4n) is 3.84. The normalized spacial score (nSPS) is 16.6. The van der Waals surface area contributed by atoms with Gasteiger partial charge in [0.25, 0.3) is 0 Å². The summed E-state index contributed by atoms with van der Waals surface area (Å²) in [5, 5.41) is 23.3. The summed E-state index contributed by atoms with van der Waals surface area (Å²) in [6.07, 6.45) is 0. The van der Waals surface area contributed by atoms with Gasteiger partial charge < -0.3 is 30.3 Å². The van der Waals surface area contributed by atoms with E-state index >= 15 is 0 Å². The van der Waals surface area contributed by atoms with E-state index in [-0.39, 0.29) is 78.5 Å². The minimum Gasteiger partial charge on any atom is -0.480 e. The summed E-state index contributed by atoms with van der Waals surface area (Å²) in [6.45, 7) is -1.50. The number of morpholine rings is 2. The second kappa shape index (κ2) is 16.2. The third-order valence-corrected chi connectivity index (χ3v) is 5.55. The van der Waals surface area contributed by atoms with Crippen molar-refractivity contribution in [2.45, 2.75) is 0 Å². The monoisotopic (exact) mass is 572 g/mol. The van der Waals surface area contributed by atoms with Crippen LogP contribution in [-0.2, 0) is 47.8 Å². The maximum Gasteiger partial charge on any atom is 0.327 e. The molecule has 18 nitrogen and oxygen atoms in total. The van der Waals surface area contributed by atoms with Crippen LogP contribution >= 0.6 is 0 Å². The molecule has 0 unspecified atom stereocenters. The van der Waals surface area contributed by atoms with Crippen LogP contribution in [0.5, 0.6) is 0 Å². The first-order chi connectivity index (χ1) is 18.9. The molecule has 2 saturated heterocycles. The van der Waals surface area contributed by atoms with Crippen LogP contribution in [0.25, 0.3) is 0 Å². The zero-order valence-electron chi connectivity index (χ0n) is 21.7. The fourth-order valence-corrected chi connectivity index (χ4v) is 3.84. The van der Waals surface area contributed by atoms with Crippen LogP contribution in [0.3, 0.4) is 0 Å². The number of amides is 2. The summed E-state index contributed by atoms with van der Waals surface area (Å²) < 4.78 is 8.86. The molecule has 4 N–H and O–H groups in total. The number of nitrogens with zero attached hydrogens (tertiary/aromatic N) is 4. The number of aliphatic carboxylic acids is 2. The molecule has 2 heterocycles. The highest BCUT2D eigenvalue weighted by molar-refractivity contribution is 5.90. The number of esters is 4. The first-order valence-electron chi connectivity index (χ1n) is 12.2. The number of nitrogens with one attached hydrogen (secondary N) is 2. The van der Waals surface area contributed by atoms with Gasteiger partial charge >= 0.3 is 35.8 Å². The Balaban J connectivity index is 1.71. The number of carboxylic acid groups (broad SMARTS) is 2. The second-order valence-corrected chi connectivity index (χ2v) is 9.02. The molecule has 0 spiro atoms. The van der Waals surface area contributed by atoms with Crippen LogP contribution < -0.4 is 10.6 Å². The highest BCUT2D eigenvalue weighted by Crippen LogP contribution is 2.02. The summed E-state index contributed by atoms with van der Waals surface area (Å²) in [7, 11) is 0. The summed E-state index contributed by atoms with van der Waals surface area (Å²) in [5.41, 5.74) is 0. The van der Waals surface area contributed by atoms with Crippen molar-refractivity contribution in [1.82, 2.24) is 30.2 Å². The molecule has 2 fully saturated rings. The summed E-state index contributed by atoms with van der Waals surface area (Å²) in [6, 6.07) is 0. The lowest BCUT2D eigenvalue weighted by Gasteiger charge is -2.27. The van der Waals surface area contributed by atoms with E-state index in [0.29, 0.717) is 0 Å².